The van der Waals surface area contributed by atoms with E-state index in [1.54, 1.807) is 12.1 Å². The van der Waals surface area contributed by atoms with E-state index in [-0.39, 0.29) is 23.7 Å². The number of terminal acetylenes is 1. The molecule has 0 aliphatic heterocycles. The molecule has 0 bridgehead atoms. The summed E-state index contributed by atoms with van der Waals surface area (Å²) < 4.78 is 4.75. The highest BCUT2D eigenvalue weighted by Crippen LogP contribution is 2.30. The standard InChI is InChI=1S/C17H19NO3/c1-3-12-6-4-5-7-15(12)18-16(19)13-8-10-14(11-9-13)17(20)21-2/h1,4-7,13-14H,8-11H2,2H3,(H,18,19). The molecule has 1 fully saturated rings. The lowest BCUT2D eigenvalue weighted by Crippen LogP contribution is -2.30. The van der Waals surface area contributed by atoms with Crippen molar-refractivity contribution in [2.45, 2.75) is 25.7 Å². The van der Waals surface area contributed by atoms with E-state index >= 15 is 0 Å². The van der Waals surface area contributed by atoms with Crippen molar-refractivity contribution in [1.29, 1.82) is 0 Å². The minimum absolute atomic E-state index is 0.0268. The van der Waals surface area contributed by atoms with Gasteiger partial charge in [-0.3, -0.25) is 9.59 Å². The first-order chi connectivity index (χ1) is 10.2. The van der Waals surface area contributed by atoms with Crippen molar-refractivity contribution in [2.24, 2.45) is 11.8 Å². The number of benzene rings is 1. The van der Waals surface area contributed by atoms with Gasteiger partial charge in [-0.2, -0.15) is 0 Å². The van der Waals surface area contributed by atoms with Gasteiger partial charge < -0.3 is 10.1 Å². The number of nitrogens with one attached hydrogen (secondary N) is 1. The Balaban J connectivity index is 1.94. The van der Waals surface area contributed by atoms with Crippen LogP contribution in [-0.2, 0) is 14.3 Å². The molecule has 1 aromatic carbocycles. The van der Waals surface area contributed by atoms with Crippen LogP contribution in [0.3, 0.4) is 0 Å². The van der Waals surface area contributed by atoms with Crippen LogP contribution in [0.1, 0.15) is 31.2 Å². The molecule has 0 spiro atoms. The summed E-state index contributed by atoms with van der Waals surface area (Å²) in [6.07, 6.45) is 8.21. The van der Waals surface area contributed by atoms with Crippen molar-refractivity contribution in [3.63, 3.8) is 0 Å². The Labute approximate surface area is 124 Å². The van der Waals surface area contributed by atoms with Crippen LogP contribution in [0.5, 0.6) is 0 Å². The van der Waals surface area contributed by atoms with Crippen molar-refractivity contribution in [2.75, 3.05) is 12.4 Å². The first-order valence-electron chi connectivity index (χ1n) is 7.10. The number of methoxy groups -OCH3 is 1. The van der Waals surface area contributed by atoms with Crippen molar-refractivity contribution >= 4 is 17.6 Å². The van der Waals surface area contributed by atoms with Gasteiger partial charge in [0.2, 0.25) is 5.91 Å². The molecule has 0 saturated heterocycles. The molecule has 1 amide bonds. The summed E-state index contributed by atoms with van der Waals surface area (Å²) in [4.78, 5) is 23.8. The van der Waals surface area contributed by atoms with Crippen LogP contribution in [0.25, 0.3) is 0 Å². The van der Waals surface area contributed by atoms with Gasteiger partial charge in [0.05, 0.1) is 18.7 Å². The lowest BCUT2D eigenvalue weighted by atomic mass is 9.81. The zero-order chi connectivity index (χ0) is 15.2. The number of carbonyl (C=O) groups is 2. The second kappa shape index (κ2) is 6.94. The van der Waals surface area contributed by atoms with Crippen LogP contribution in [0.2, 0.25) is 0 Å². The Morgan fingerprint density at radius 3 is 2.43 bits per heavy atom. The average molecular weight is 285 g/mol. The van der Waals surface area contributed by atoms with E-state index in [0.29, 0.717) is 36.9 Å². The van der Waals surface area contributed by atoms with E-state index in [2.05, 4.69) is 11.2 Å². The Bertz CT molecular complexity index is 566. The summed E-state index contributed by atoms with van der Waals surface area (Å²) in [5.74, 6) is 2.21. The highest BCUT2D eigenvalue weighted by Gasteiger charge is 2.30. The third-order valence-electron chi connectivity index (χ3n) is 3.97. The number of anilines is 1. The second-order valence-electron chi connectivity index (χ2n) is 5.25. The fourth-order valence-electron chi connectivity index (χ4n) is 2.71. The molecule has 1 aliphatic carbocycles. The van der Waals surface area contributed by atoms with Gasteiger partial charge in [-0.05, 0) is 37.8 Å². The van der Waals surface area contributed by atoms with Crippen LogP contribution < -0.4 is 5.32 Å². The number of ether oxygens (including phenoxy) is 1. The summed E-state index contributed by atoms with van der Waals surface area (Å²) >= 11 is 0. The van der Waals surface area contributed by atoms with E-state index < -0.39 is 0 Å². The molecular formula is C17H19NO3. The predicted molar refractivity (Wildman–Crippen MR) is 80.5 cm³/mol. The average Bonchev–Trinajstić information content (AvgIpc) is 2.54. The van der Waals surface area contributed by atoms with E-state index in [4.69, 9.17) is 11.2 Å². The molecule has 1 aromatic rings. The largest absolute Gasteiger partial charge is 0.469 e. The molecule has 0 heterocycles. The second-order valence-corrected chi connectivity index (χ2v) is 5.25. The number of esters is 1. The number of hydrogen-bond acceptors (Lipinski definition) is 3. The van der Waals surface area contributed by atoms with Gasteiger partial charge in [-0.25, -0.2) is 0 Å². The van der Waals surface area contributed by atoms with Gasteiger partial charge in [0.15, 0.2) is 0 Å². The highest BCUT2D eigenvalue weighted by molar-refractivity contribution is 5.94. The van der Waals surface area contributed by atoms with Gasteiger partial charge in [0.1, 0.15) is 0 Å². The summed E-state index contributed by atoms with van der Waals surface area (Å²) in [5.41, 5.74) is 1.34. The molecule has 1 aliphatic rings. The number of hydrogen-bond donors (Lipinski definition) is 1. The summed E-state index contributed by atoms with van der Waals surface area (Å²) in [7, 11) is 1.40. The van der Waals surface area contributed by atoms with Gasteiger partial charge in [0.25, 0.3) is 0 Å². The van der Waals surface area contributed by atoms with Gasteiger partial charge >= 0.3 is 5.97 Å². The maximum absolute atomic E-state index is 12.3. The van der Waals surface area contributed by atoms with Gasteiger partial charge in [-0.15, -0.1) is 6.42 Å². The van der Waals surface area contributed by atoms with Crippen molar-refractivity contribution < 1.29 is 14.3 Å². The Hall–Kier alpha value is -2.28. The Morgan fingerprint density at radius 1 is 1.19 bits per heavy atom. The molecular weight excluding hydrogens is 266 g/mol. The van der Waals surface area contributed by atoms with E-state index in [0.717, 1.165) is 0 Å². The van der Waals surface area contributed by atoms with Crippen LogP contribution in [-0.4, -0.2) is 19.0 Å². The Kier molecular flexibility index (Phi) is 4.99. The van der Waals surface area contributed by atoms with E-state index in [9.17, 15) is 9.59 Å². The van der Waals surface area contributed by atoms with Crippen LogP contribution in [0.15, 0.2) is 24.3 Å². The molecule has 0 radical (unpaired) electrons. The molecule has 2 rings (SSSR count). The molecule has 0 atom stereocenters. The quantitative estimate of drug-likeness (QED) is 0.686. The number of carbonyl (C=O) groups excluding carboxylic acids is 2. The minimum Gasteiger partial charge on any atom is -0.469 e. The first-order valence-corrected chi connectivity index (χ1v) is 7.10. The smallest absolute Gasteiger partial charge is 0.308 e. The van der Waals surface area contributed by atoms with Gasteiger partial charge in [-0.1, -0.05) is 18.1 Å². The van der Waals surface area contributed by atoms with E-state index in [1.807, 2.05) is 12.1 Å². The monoisotopic (exact) mass is 285 g/mol. The molecule has 4 nitrogen and oxygen atoms in total. The lowest BCUT2D eigenvalue weighted by Gasteiger charge is -2.26. The zero-order valence-electron chi connectivity index (χ0n) is 12.1. The summed E-state index contributed by atoms with van der Waals surface area (Å²) in [6.45, 7) is 0. The van der Waals surface area contributed by atoms with Crippen molar-refractivity contribution in [3.05, 3.63) is 29.8 Å². The molecule has 0 unspecified atom stereocenters. The predicted octanol–water partition coefficient (Wildman–Crippen LogP) is 2.59. The maximum Gasteiger partial charge on any atom is 0.308 e. The fraction of sp³-hybridized carbons (Fsp3) is 0.412. The summed E-state index contributed by atoms with van der Waals surface area (Å²) in [5, 5.41) is 2.89. The summed E-state index contributed by atoms with van der Waals surface area (Å²) in [6, 6.07) is 7.27. The Morgan fingerprint density at radius 2 is 1.81 bits per heavy atom. The van der Waals surface area contributed by atoms with E-state index in [1.165, 1.54) is 7.11 Å². The molecule has 110 valence electrons. The van der Waals surface area contributed by atoms with Gasteiger partial charge in [0, 0.05) is 11.5 Å². The number of para-hydroxylation sites is 1. The minimum atomic E-state index is -0.175. The SMILES string of the molecule is C#Cc1ccccc1NC(=O)C1CCC(C(=O)OC)CC1. The number of rotatable bonds is 3. The molecule has 21 heavy (non-hydrogen) atoms. The fourth-order valence-corrected chi connectivity index (χ4v) is 2.71. The lowest BCUT2D eigenvalue weighted by molar-refractivity contribution is -0.147. The van der Waals surface area contributed by atoms with Crippen molar-refractivity contribution in [3.8, 4) is 12.3 Å². The third-order valence-corrected chi connectivity index (χ3v) is 3.97. The highest BCUT2D eigenvalue weighted by atomic mass is 16.5. The normalized spacial score (nSPS) is 21.1. The van der Waals surface area contributed by atoms with Crippen LogP contribution in [0.4, 0.5) is 5.69 Å². The molecule has 4 heteroatoms. The van der Waals surface area contributed by atoms with Crippen molar-refractivity contribution in [1.82, 2.24) is 0 Å². The topological polar surface area (TPSA) is 55.4 Å². The molecule has 1 saturated carbocycles. The molecule has 0 aromatic heterocycles. The molecule has 1 N–H and O–H groups in total. The third kappa shape index (κ3) is 3.63. The first kappa shape index (κ1) is 15.1. The number of amides is 1. The maximum atomic E-state index is 12.3. The van der Waals surface area contributed by atoms with Crippen LogP contribution >= 0.6 is 0 Å². The zero-order valence-corrected chi connectivity index (χ0v) is 12.1. The van der Waals surface area contributed by atoms with Crippen LogP contribution in [0, 0.1) is 24.2 Å².